The maximum absolute atomic E-state index is 2.43. The zero-order chi connectivity index (χ0) is 10.7. The van der Waals surface area contributed by atoms with Crippen LogP contribution in [0.3, 0.4) is 0 Å². The Kier molecular flexibility index (Phi) is 4.44. The molecule has 0 fully saturated rings. The van der Waals surface area contributed by atoms with Gasteiger partial charge in [-0.05, 0) is 46.2 Å². The van der Waals surface area contributed by atoms with Crippen LogP contribution in [0.1, 0.15) is 54.4 Å². The lowest BCUT2D eigenvalue weighted by molar-refractivity contribution is 0.147. The van der Waals surface area contributed by atoms with Crippen molar-refractivity contribution >= 4 is 0 Å². The standard InChI is InChI=1S/C12H27N/c1-8-12(5,6)9-10-13(7)11(2,3)4/h8-10H2,1-7H3. The van der Waals surface area contributed by atoms with E-state index in [1.54, 1.807) is 0 Å². The molecule has 0 unspecified atom stereocenters. The molecule has 0 amide bonds. The van der Waals surface area contributed by atoms with Crippen LogP contribution in [0.25, 0.3) is 0 Å². The Hall–Kier alpha value is -0.0400. The highest BCUT2D eigenvalue weighted by Gasteiger charge is 2.20. The second kappa shape index (κ2) is 4.45. The summed E-state index contributed by atoms with van der Waals surface area (Å²) in [5.41, 5.74) is 0.809. The van der Waals surface area contributed by atoms with Crippen LogP contribution in [-0.4, -0.2) is 24.0 Å². The van der Waals surface area contributed by atoms with E-state index in [0.29, 0.717) is 11.0 Å². The first kappa shape index (κ1) is 13.0. The summed E-state index contributed by atoms with van der Waals surface area (Å²) in [6, 6.07) is 0. The van der Waals surface area contributed by atoms with E-state index < -0.39 is 0 Å². The lowest BCUT2D eigenvalue weighted by atomic mass is 9.86. The molecule has 0 N–H and O–H groups in total. The fraction of sp³-hybridized carbons (Fsp3) is 1.00. The van der Waals surface area contributed by atoms with Crippen molar-refractivity contribution in [3.05, 3.63) is 0 Å². The fourth-order valence-corrected chi connectivity index (χ4v) is 0.983. The van der Waals surface area contributed by atoms with Gasteiger partial charge in [-0.25, -0.2) is 0 Å². The van der Waals surface area contributed by atoms with Crippen LogP contribution in [0.4, 0.5) is 0 Å². The molecule has 1 nitrogen and oxygen atoms in total. The van der Waals surface area contributed by atoms with Gasteiger partial charge in [0.25, 0.3) is 0 Å². The lowest BCUT2D eigenvalue weighted by Gasteiger charge is -2.34. The van der Waals surface area contributed by atoms with Gasteiger partial charge in [-0.3, -0.25) is 0 Å². The first-order chi connectivity index (χ1) is 5.69. The Morgan fingerprint density at radius 3 is 1.77 bits per heavy atom. The molecule has 0 aliphatic rings. The molecule has 0 saturated heterocycles. The van der Waals surface area contributed by atoms with Crippen molar-refractivity contribution in [2.75, 3.05) is 13.6 Å². The zero-order valence-electron chi connectivity index (χ0n) is 10.6. The quantitative estimate of drug-likeness (QED) is 0.647. The minimum Gasteiger partial charge on any atom is -0.301 e. The van der Waals surface area contributed by atoms with Gasteiger partial charge < -0.3 is 4.90 Å². The van der Waals surface area contributed by atoms with Crippen molar-refractivity contribution in [3.8, 4) is 0 Å². The molecule has 1 heteroatoms. The van der Waals surface area contributed by atoms with Crippen molar-refractivity contribution < 1.29 is 0 Å². The van der Waals surface area contributed by atoms with Crippen LogP contribution >= 0.6 is 0 Å². The Bertz CT molecular complexity index is 142. The third-order valence-electron chi connectivity index (χ3n) is 3.23. The highest BCUT2D eigenvalue weighted by Crippen LogP contribution is 2.25. The van der Waals surface area contributed by atoms with E-state index in [1.165, 1.54) is 19.4 Å². The Balaban J connectivity index is 3.90. The summed E-state index contributed by atoms with van der Waals surface area (Å²) in [6.45, 7) is 15.0. The highest BCUT2D eigenvalue weighted by molar-refractivity contribution is 4.75. The van der Waals surface area contributed by atoms with E-state index >= 15 is 0 Å². The summed E-state index contributed by atoms with van der Waals surface area (Å²) >= 11 is 0. The van der Waals surface area contributed by atoms with Crippen LogP contribution in [-0.2, 0) is 0 Å². The molecule has 0 heterocycles. The first-order valence-electron chi connectivity index (χ1n) is 5.40. The molecule has 0 atom stereocenters. The van der Waals surface area contributed by atoms with Gasteiger partial charge in [-0.15, -0.1) is 0 Å². The number of nitrogens with zero attached hydrogens (tertiary/aromatic N) is 1. The van der Waals surface area contributed by atoms with Gasteiger partial charge in [-0.2, -0.15) is 0 Å². The summed E-state index contributed by atoms with van der Waals surface area (Å²) in [5, 5.41) is 0. The monoisotopic (exact) mass is 185 g/mol. The fourth-order valence-electron chi connectivity index (χ4n) is 0.983. The summed E-state index contributed by atoms with van der Waals surface area (Å²) in [5.74, 6) is 0. The van der Waals surface area contributed by atoms with Gasteiger partial charge in [0, 0.05) is 5.54 Å². The molecule has 0 bridgehead atoms. The first-order valence-corrected chi connectivity index (χ1v) is 5.40. The van der Waals surface area contributed by atoms with E-state index in [1.807, 2.05) is 0 Å². The Morgan fingerprint density at radius 1 is 1.00 bits per heavy atom. The SMILES string of the molecule is CCC(C)(C)CCN(C)C(C)(C)C. The van der Waals surface area contributed by atoms with Gasteiger partial charge in [-0.1, -0.05) is 27.2 Å². The van der Waals surface area contributed by atoms with Crippen LogP contribution in [0.5, 0.6) is 0 Å². The number of rotatable bonds is 4. The number of hydrogen-bond donors (Lipinski definition) is 0. The predicted molar refractivity (Wildman–Crippen MR) is 61.1 cm³/mol. The maximum atomic E-state index is 2.43. The van der Waals surface area contributed by atoms with Crippen molar-refractivity contribution in [2.45, 2.75) is 59.9 Å². The van der Waals surface area contributed by atoms with Crippen LogP contribution in [0.15, 0.2) is 0 Å². The third-order valence-corrected chi connectivity index (χ3v) is 3.23. The summed E-state index contributed by atoms with van der Waals surface area (Å²) in [4.78, 5) is 2.43. The molecule has 13 heavy (non-hydrogen) atoms. The Morgan fingerprint density at radius 2 is 1.46 bits per heavy atom. The summed E-state index contributed by atoms with van der Waals surface area (Å²) in [7, 11) is 2.21. The van der Waals surface area contributed by atoms with Crippen molar-refractivity contribution in [1.29, 1.82) is 0 Å². The molecule has 0 aliphatic heterocycles. The van der Waals surface area contributed by atoms with Crippen molar-refractivity contribution in [3.63, 3.8) is 0 Å². The van der Waals surface area contributed by atoms with Crippen LogP contribution in [0, 0.1) is 5.41 Å². The predicted octanol–water partition coefficient (Wildman–Crippen LogP) is 3.54. The molecule has 80 valence electrons. The molecular weight excluding hydrogens is 158 g/mol. The average molecular weight is 185 g/mol. The normalized spacial score (nSPS) is 13.8. The van der Waals surface area contributed by atoms with Gasteiger partial charge in [0.1, 0.15) is 0 Å². The van der Waals surface area contributed by atoms with Crippen molar-refractivity contribution in [1.82, 2.24) is 4.90 Å². The molecule has 0 radical (unpaired) electrons. The van der Waals surface area contributed by atoms with Gasteiger partial charge in [0.05, 0.1) is 0 Å². The summed E-state index contributed by atoms with van der Waals surface area (Å²) < 4.78 is 0. The van der Waals surface area contributed by atoms with E-state index in [-0.39, 0.29) is 0 Å². The molecule has 0 aromatic rings. The van der Waals surface area contributed by atoms with Crippen molar-refractivity contribution in [2.24, 2.45) is 5.41 Å². The largest absolute Gasteiger partial charge is 0.301 e. The Labute approximate surface area is 84.5 Å². The van der Waals surface area contributed by atoms with Gasteiger partial charge in [0.2, 0.25) is 0 Å². The van der Waals surface area contributed by atoms with Gasteiger partial charge in [0.15, 0.2) is 0 Å². The minimum absolute atomic E-state index is 0.309. The summed E-state index contributed by atoms with van der Waals surface area (Å²) in [6.07, 6.45) is 2.56. The van der Waals surface area contributed by atoms with E-state index in [4.69, 9.17) is 0 Å². The molecule has 0 saturated carbocycles. The molecule has 0 rings (SSSR count). The van der Waals surface area contributed by atoms with Gasteiger partial charge >= 0.3 is 0 Å². The molecule has 0 aromatic heterocycles. The molecule has 0 aromatic carbocycles. The maximum Gasteiger partial charge on any atom is 0.0122 e. The lowest BCUT2D eigenvalue weighted by Crippen LogP contribution is -2.39. The molecular formula is C12H27N. The second-order valence-corrected chi connectivity index (χ2v) is 5.86. The van der Waals surface area contributed by atoms with Crippen LogP contribution < -0.4 is 0 Å². The molecule has 0 aliphatic carbocycles. The van der Waals surface area contributed by atoms with E-state index in [9.17, 15) is 0 Å². The highest BCUT2D eigenvalue weighted by atomic mass is 15.1. The minimum atomic E-state index is 0.309. The third kappa shape index (κ3) is 5.30. The van der Waals surface area contributed by atoms with E-state index in [0.717, 1.165) is 0 Å². The zero-order valence-corrected chi connectivity index (χ0v) is 10.6. The van der Waals surface area contributed by atoms with Crippen LogP contribution in [0.2, 0.25) is 0 Å². The average Bonchev–Trinajstić information content (AvgIpc) is 1.98. The molecule has 0 spiro atoms. The number of hydrogen-bond acceptors (Lipinski definition) is 1. The topological polar surface area (TPSA) is 3.24 Å². The second-order valence-electron chi connectivity index (χ2n) is 5.86. The smallest absolute Gasteiger partial charge is 0.0122 e. The van der Waals surface area contributed by atoms with E-state index in [2.05, 4.69) is 53.5 Å².